The van der Waals surface area contributed by atoms with Crippen LogP contribution < -0.4 is 21.2 Å². The Kier molecular flexibility index (Phi) is 5.41. The molecule has 9 heteroatoms. The largest absolute Gasteiger partial charge is 0.465 e. The lowest BCUT2D eigenvalue weighted by molar-refractivity contribution is 0.0602. The van der Waals surface area contributed by atoms with Crippen LogP contribution in [0.15, 0.2) is 41.2 Å². The summed E-state index contributed by atoms with van der Waals surface area (Å²) in [5.41, 5.74) is 3.47. The predicted octanol–water partition coefficient (Wildman–Crippen LogP) is 2.91. The average molecular weight is 423 g/mol. The topological polar surface area (TPSA) is 97.6 Å². The fraction of sp³-hybridized carbons (Fsp3) is 0.318. The zero-order chi connectivity index (χ0) is 22.1. The summed E-state index contributed by atoms with van der Waals surface area (Å²) >= 11 is 0. The van der Waals surface area contributed by atoms with Crippen LogP contribution in [-0.4, -0.2) is 41.3 Å². The first kappa shape index (κ1) is 20.5. The highest BCUT2D eigenvalue weighted by atomic mass is 16.5. The molecule has 0 unspecified atom stereocenters. The second kappa shape index (κ2) is 8.17. The van der Waals surface area contributed by atoms with Crippen molar-refractivity contribution in [3.05, 3.63) is 52.4 Å². The van der Waals surface area contributed by atoms with Crippen LogP contribution in [0, 0.1) is 0 Å². The lowest BCUT2D eigenvalue weighted by Crippen LogP contribution is -2.24. The molecule has 1 saturated heterocycles. The maximum absolute atomic E-state index is 12.8. The molecule has 162 valence electrons. The molecule has 3 aromatic rings. The molecule has 0 radical (unpaired) electrons. The molecule has 0 spiro atoms. The van der Waals surface area contributed by atoms with Gasteiger partial charge in [-0.1, -0.05) is 12.1 Å². The summed E-state index contributed by atoms with van der Waals surface area (Å²) in [6.07, 6.45) is 2.15. The number of rotatable bonds is 4. The summed E-state index contributed by atoms with van der Waals surface area (Å²) in [5.74, 6) is -0.533. The van der Waals surface area contributed by atoms with Crippen LogP contribution in [0.3, 0.4) is 0 Å². The molecule has 0 saturated carbocycles. The van der Waals surface area contributed by atoms with E-state index in [1.165, 1.54) is 7.11 Å². The average Bonchev–Trinajstić information content (AvgIpc) is 3.37. The summed E-state index contributed by atoms with van der Waals surface area (Å²) in [5, 5.41) is 5.63. The third-order valence-corrected chi connectivity index (χ3v) is 5.66. The Morgan fingerprint density at radius 1 is 0.935 bits per heavy atom. The van der Waals surface area contributed by atoms with E-state index in [0.29, 0.717) is 11.4 Å². The summed E-state index contributed by atoms with van der Waals surface area (Å²) < 4.78 is 7.94. The number of nitrogens with one attached hydrogen (secondary N) is 2. The number of aryl methyl sites for hydroxylation is 2. The number of carbonyl (C=O) groups is 2. The minimum absolute atomic E-state index is 0.129. The maximum Gasteiger partial charge on any atom is 0.339 e. The van der Waals surface area contributed by atoms with Gasteiger partial charge >= 0.3 is 17.7 Å². The summed E-state index contributed by atoms with van der Waals surface area (Å²) in [7, 11) is 4.74. The number of aromatic nitrogens is 2. The highest BCUT2D eigenvalue weighted by Crippen LogP contribution is 2.33. The van der Waals surface area contributed by atoms with Gasteiger partial charge in [0.25, 0.3) is 0 Å². The van der Waals surface area contributed by atoms with Gasteiger partial charge in [-0.15, -0.1) is 0 Å². The van der Waals surface area contributed by atoms with Gasteiger partial charge in [0.05, 0.1) is 40.8 Å². The van der Waals surface area contributed by atoms with Crippen molar-refractivity contribution in [2.24, 2.45) is 14.1 Å². The van der Waals surface area contributed by atoms with Crippen molar-refractivity contribution in [1.29, 1.82) is 0 Å². The van der Waals surface area contributed by atoms with E-state index < -0.39 is 12.0 Å². The molecule has 2 amide bonds. The third-order valence-electron chi connectivity index (χ3n) is 5.66. The van der Waals surface area contributed by atoms with E-state index in [1.807, 2.05) is 12.1 Å². The van der Waals surface area contributed by atoms with E-state index in [2.05, 4.69) is 15.5 Å². The van der Waals surface area contributed by atoms with Crippen LogP contribution in [0.4, 0.5) is 21.9 Å². The van der Waals surface area contributed by atoms with Gasteiger partial charge in [-0.2, -0.15) is 0 Å². The molecule has 1 aliphatic rings. The molecule has 0 aliphatic carbocycles. The molecule has 2 heterocycles. The van der Waals surface area contributed by atoms with Crippen LogP contribution in [-0.2, 0) is 18.8 Å². The van der Waals surface area contributed by atoms with Gasteiger partial charge in [0, 0.05) is 27.2 Å². The molecule has 2 N–H and O–H groups in total. The second-order valence-electron chi connectivity index (χ2n) is 7.57. The number of methoxy groups -OCH3 is 1. The Morgan fingerprint density at radius 2 is 1.55 bits per heavy atom. The first-order valence-corrected chi connectivity index (χ1v) is 10.1. The Labute approximate surface area is 179 Å². The van der Waals surface area contributed by atoms with E-state index in [0.717, 1.165) is 42.7 Å². The van der Waals surface area contributed by atoms with Gasteiger partial charge in [-0.05, 0) is 37.1 Å². The zero-order valence-electron chi connectivity index (χ0n) is 17.8. The Balaban J connectivity index is 1.70. The van der Waals surface area contributed by atoms with E-state index in [4.69, 9.17) is 4.74 Å². The highest BCUT2D eigenvalue weighted by Gasteiger charge is 2.21. The SMILES string of the molecule is COC(=O)c1ccccc1NC(=O)Nc1cc2c(cc1N1CCCC1)n(C)c(=O)n2C. The van der Waals surface area contributed by atoms with Crippen molar-refractivity contribution in [1.82, 2.24) is 9.13 Å². The van der Waals surface area contributed by atoms with Gasteiger partial charge in [0.1, 0.15) is 0 Å². The van der Waals surface area contributed by atoms with Crippen molar-refractivity contribution in [2.45, 2.75) is 12.8 Å². The molecule has 31 heavy (non-hydrogen) atoms. The van der Waals surface area contributed by atoms with E-state index >= 15 is 0 Å². The fourth-order valence-corrected chi connectivity index (χ4v) is 4.01. The molecule has 2 aromatic carbocycles. The Hall–Kier alpha value is -3.75. The molecular formula is C22H25N5O4. The molecule has 1 aromatic heterocycles. The molecule has 9 nitrogen and oxygen atoms in total. The lowest BCUT2D eigenvalue weighted by Gasteiger charge is -2.22. The van der Waals surface area contributed by atoms with Gasteiger partial charge < -0.3 is 20.3 Å². The van der Waals surface area contributed by atoms with Gasteiger partial charge in [-0.3, -0.25) is 9.13 Å². The number of benzene rings is 2. The number of nitrogens with zero attached hydrogens (tertiary/aromatic N) is 3. The highest BCUT2D eigenvalue weighted by molar-refractivity contribution is 6.07. The van der Waals surface area contributed by atoms with Crippen LogP contribution in [0.2, 0.25) is 0 Å². The molecule has 1 fully saturated rings. The second-order valence-corrected chi connectivity index (χ2v) is 7.57. The van der Waals surface area contributed by atoms with Crippen LogP contribution in [0.1, 0.15) is 23.2 Å². The number of esters is 1. The van der Waals surface area contributed by atoms with Crippen molar-refractivity contribution in [2.75, 3.05) is 35.7 Å². The Bertz CT molecular complexity index is 1220. The number of carbonyl (C=O) groups excluding carboxylic acids is 2. The Morgan fingerprint density at radius 3 is 2.23 bits per heavy atom. The third kappa shape index (κ3) is 3.74. The minimum atomic E-state index is -0.533. The van der Waals surface area contributed by atoms with Crippen molar-refractivity contribution >= 4 is 40.1 Å². The van der Waals surface area contributed by atoms with Crippen LogP contribution >= 0.6 is 0 Å². The number of fused-ring (bicyclic) bond motifs is 1. The fourth-order valence-electron chi connectivity index (χ4n) is 4.01. The number of ether oxygens (including phenoxy) is 1. The quantitative estimate of drug-likeness (QED) is 0.629. The number of imidazole rings is 1. The van der Waals surface area contributed by atoms with Gasteiger partial charge in [0.15, 0.2) is 0 Å². The molecular weight excluding hydrogens is 398 g/mol. The van der Waals surface area contributed by atoms with E-state index in [-0.39, 0.29) is 11.3 Å². The minimum Gasteiger partial charge on any atom is -0.465 e. The standard InChI is InChI=1S/C22H25N5O4/c1-25-18-12-16(17(27-10-6-7-11-27)13-19(18)26(2)22(25)30)24-21(29)23-15-9-5-4-8-14(15)20(28)31-3/h4-5,8-9,12-13H,6-7,10-11H2,1-3H3,(H2,23,24,29). The molecule has 0 atom stereocenters. The van der Waals surface area contributed by atoms with Crippen molar-refractivity contribution in [3.63, 3.8) is 0 Å². The number of amides is 2. The lowest BCUT2D eigenvalue weighted by atomic mass is 10.2. The number of hydrogen-bond donors (Lipinski definition) is 2. The predicted molar refractivity (Wildman–Crippen MR) is 120 cm³/mol. The number of hydrogen-bond acceptors (Lipinski definition) is 5. The summed E-state index contributed by atoms with van der Waals surface area (Å²) in [4.78, 5) is 39.4. The normalized spacial score (nSPS) is 13.5. The molecule has 1 aliphatic heterocycles. The van der Waals surface area contributed by atoms with Crippen molar-refractivity contribution in [3.8, 4) is 0 Å². The number of para-hydroxylation sites is 1. The van der Waals surface area contributed by atoms with E-state index in [1.54, 1.807) is 47.5 Å². The first-order chi connectivity index (χ1) is 14.9. The molecule has 4 rings (SSSR count). The van der Waals surface area contributed by atoms with E-state index in [9.17, 15) is 14.4 Å². The van der Waals surface area contributed by atoms with Gasteiger partial charge in [-0.25, -0.2) is 14.4 Å². The molecule has 0 bridgehead atoms. The van der Waals surface area contributed by atoms with Crippen LogP contribution in [0.25, 0.3) is 11.0 Å². The number of anilines is 3. The number of urea groups is 1. The van der Waals surface area contributed by atoms with Gasteiger partial charge in [0.2, 0.25) is 0 Å². The maximum atomic E-state index is 12.8. The zero-order valence-corrected chi connectivity index (χ0v) is 17.8. The monoisotopic (exact) mass is 423 g/mol. The first-order valence-electron chi connectivity index (χ1n) is 10.1. The summed E-state index contributed by atoms with van der Waals surface area (Å²) in [6, 6.07) is 9.92. The van der Waals surface area contributed by atoms with Crippen LogP contribution in [0.5, 0.6) is 0 Å². The summed E-state index contributed by atoms with van der Waals surface area (Å²) in [6.45, 7) is 1.77. The van der Waals surface area contributed by atoms with Crippen molar-refractivity contribution < 1.29 is 14.3 Å². The smallest absolute Gasteiger partial charge is 0.339 e.